The highest BCUT2D eigenvalue weighted by Crippen LogP contribution is 2.37. The molecular formula is C25H29N7O2. The largest absolute Gasteiger partial charge is 0.494 e. The molecule has 9 nitrogen and oxygen atoms in total. The molecular weight excluding hydrogens is 430 g/mol. The van der Waals surface area contributed by atoms with Gasteiger partial charge in [-0.05, 0) is 38.1 Å². The molecule has 2 aliphatic heterocycles. The summed E-state index contributed by atoms with van der Waals surface area (Å²) in [5, 5.41) is 9.75. The van der Waals surface area contributed by atoms with E-state index in [1.807, 2.05) is 42.3 Å². The Morgan fingerprint density at radius 1 is 1.12 bits per heavy atom. The first-order chi connectivity index (χ1) is 16.4. The first-order valence-corrected chi connectivity index (χ1v) is 11.4. The average Bonchev–Trinajstić information content (AvgIpc) is 2.93. The lowest BCUT2D eigenvalue weighted by molar-refractivity contribution is 0.102. The number of piperazine rings is 1. The van der Waals surface area contributed by atoms with Crippen LogP contribution in [0.15, 0.2) is 48.7 Å². The van der Waals surface area contributed by atoms with E-state index >= 15 is 0 Å². The minimum absolute atomic E-state index is 0.181. The van der Waals surface area contributed by atoms with Gasteiger partial charge in [-0.2, -0.15) is 4.98 Å². The normalized spacial score (nSPS) is 19.6. The highest BCUT2D eigenvalue weighted by atomic mass is 16.5. The molecule has 1 amide bonds. The van der Waals surface area contributed by atoms with E-state index in [9.17, 15) is 4.79 Å². The van der Waals surface area contributed by atoms with Crippen molar-refractivity contribution in [3.8, 4) is 5.75 Å². The Bertz CT molecular complexity index is 1220. The summed E-state index contributed by atoms with van der Waals surface area (Å²) in [4.78, 5) is 26.0. The van der Waals surface area contributed by atoms with Gasteiger partial charge in [0.15, 0.2) is 5.82 Å². The van der Waals surface area contributed by atoms with E-state index in [1.54, 1.807) is 19.4 Å². The third-order valence-corrected chi connectivity index (χ3v) is 6.20. The van der Waals surface area contributed by atoms with Crippen LogP contribution in [-0.4, -0.2) is 55.2 Å². The van der Waals surface area contributed by atoms with Crippen LogP contribution in [0, 0.1) is 0 Å². The summed E-state index contributed by atoms with van der Waals surface area (Å²) in [6.07, 6.45) is 1.62. The molecule has 34 heavy (non-hydrogen) atoms. The van der Waals surface area contributed by atoms with Gasteiger partial charge < -0.3 is 30.5 Å². The van der Waals surface area contributed by atoms with Gasteiger partial charge >= 0.3 is 0 Å². The Morgan fingerprint density at radius 3 is 2.65 bits per heavy atom. The zero-order chi connectivity index (χ0) is 23.8. The SMILES string of the molecule is COc1cc(N2C[C@@H](C)N[C@@H](C)C2)ccc1Nc1ncc2c(n1)N(C)c1ccccc1C(=O)N2. The van der Waals surface area contributed by atoms with Gasteiger partial charge in [-0.25, -0.2) is 4.98 Å². The second-order valence-electron chi connectivity index (χ2n) is 8.84. The van der Waals surface area contributed by atoms with Gasteiger partial charge in [-0.3, -0.25) is 4.79 Å². The third-order valence-electron chi connectivity index (χ3n) is 6.20. The van der Waals surface area contributed by atoms with Crippen LogP contribution in [0.2, 0.25) is 0 Å². The minimum atomic E-state index is -0.181. The van der Waals surface area contributed by atoms with Crippen LogP contribution >= 0.6 is 0 Å². The van der Waals surface area contributed by atoms with Gasteiger partial charge in [-0.1, -0.05) is 12.1 Å². The van der Waals surface area contributed by atoms with Gasteiger partial charge in [0.1, 0.15) is 11.4 Å². The number of aromatic nitrogens is 2. The van der Waals surface area contributed by atoms with E-state index in [2.05, 4.69) is 45.7 Å². The number of benzene rings is 2. The molecule has 0 spiro atoms. The number of hydrogen-bond acceptors (Lipinski definition) is 8. The molecule has 3 heterocycles. The van der Waals surface area contributed by atoms with Crippen molar-refractivity contribution in [3.63, 3.8) is 0 Å². The number of anilines is 6. The Hall–Kier alpha value is -3.85. The number of hydrogen-bond donors (Lipinski definition) is 3. The number of para-hydroxylation sites is 1. The number of ether oxygens (including phenoxy) is 1. The number of methoxy groups -OCH3 is 1. The number of nitrogens with one attached hydrogen (secondary N) is 3. The predicted octanol–water partition coefficient (Wildman–Crippen LogP) is 3.75. The minimum Gasteiger partial charge on any atom is -0.494 e. The van der Waals surface area contributed by atoms with Crippen LogP contribution < -0.4 is 30.5 Å². The number of fused-ring (bicyclic) bond motifs is 2. The smallest absolute Gasteiger partial charge is 0.257 e. The molecule has 0 radical (unpaired) electrons. The number of carbonyl (C=O) groups excluding carboxylic acids is 1. The van der Waals surface area contributed by atoms with Crippen molar-refractivity contribution in [1.82, 2.24) is 15.3 Å². The van der Waals surface area contributed by atoms with Crippen molar-refractivity contribution >= 4 is 40.4 Å². The summed E-state index contributed by atoms with van der Waals surface area (Å²) in [5.74, 6) is 1.55. The molecule has 2 aliphatic rings. The van der Waals surface area contributed by atoms with E-state index in [0.29, 0.717) is 40.9 Å². The number of amides is 1. The van der Waals surface area contributed by atoms with Gasteiger partial charge in [0.25, 0.3) is 5.91 Å². The van der Waals surface area contributed by atoms with Crippen LogP contribution in [0.5, 0.6) is 5.75 Å². The molecule has 1 fully saturated rings. The molecule has 2 aromatic carbocycles. The van der Waals surface area contributed by atoms with Crippen LogP contribution in [0.4, 0.5) is 34.5 Å². The molecule has 0 unspecified atom stereocenters. The monoisotopic (exact) mass is 459 g/mol. The van der Waals surface area contributed by atoms with Crippen LogP contribution in [0.25, 0.3) is 0 Å². The maximum Gasteiger partial charge on any atom is 0.257 e. The predicted molar refractivity (Wildman–Crippen MR) is 135 cm³/mol. The number of nitrogens with zero attached hydrogens (tertiary/aromatic N) is 4. The van der Waals surface area contributed by atoms with Gasteiger partial charge in [0, 0.05) is 44.0 Å². The maximum absolute atomic E-state index is 12.6. The maximum atomic E-state index is 12.6. The van der Waals surface area contributed by atoms with Crippen molar-refractivity contribution < 1.29 is 9.53 Å². The Labute approximate surface area is 199 Å². The van der Waals surface area contributed by atoms with Crippen molar-refractivity contribution in [2.45, 2.75) is 25.9 Å². The molecule has 3 aromatic rings. The van der Waals surface area contributed by atoms with E-state index in [0.717, 1.165) is 30.2 Å². The second kappa shape index (κ2) is 8.83. The van der Waals surface area contributed by atoms with E-state index in [4.69, 9.17) is 9.72 Å². The third kappa shape index (κ3) is 4.10. The van der Waals surface area contributed by atoms with E-state index in [1.165, 1.54) is 0 Å². The standard InChI is InChI=1S/C25H29N7O2/c1-15-13-32(14-16(2)27-15)17-9-10-19(22(11-17)34-4)29-25-26-12-20-23(30-25)31(3)21-8-6-5-7-18(21)24(33)28-20/h5-12,15-16,27H,13-14H2,1-4H3,(H,28,33)(H,26,29,30)/t15-,16+. The lowest BCUT2D eigenvalue weighted by Crippen LogP contribution is -2.54. The molecule has 9 heteroatoms. The summed E-state index contributed by atoms with van der Waals surface area (Å²) in [7, 11) is 3.55. The highest BCUT2D eigenvalue weighted by Gasteiger charge is 2.25. The Balaban J connectivity index is 1.43. The fourth-order valence-corrected chi connectivity index (χ4v) is 4.68. The van der Waals surface area contributed by atoms with Crippen molar-refractivity contribution in [2.24, 2.45) is 0 Å². The van der Waals surface area contributed by atoms with Gasteiger partial charge in [0.2, 0.25) is 5.95 Å². The molecule has 5 rings (SSSR count). The molecule has 0 aliphatic carbocycles. The second-order valence-corrected chi connectivity index (χ2v) is 8.84. The molecule has 1 aromatic heterocycles. The zero-order valence-electron chi connectivity index (χ0n) is 19.8. The van der Waals surface area contributed by atoms with Gasteiger partial charge in [-0.15, -0.1) is 0 Å². The Morgan fingerprint density at radius 2 is 1.88 bits per heavy atom. The average molecular weight is 460 g/mol. The molecule has 0 saturated carbocycles. The van der Waals surface area contributed by atoms with Crippen molar-refractivity contribution in [2.75, 3.05) is 47.7 Å². The molecule has 176 valence electrons. The summed E-state index contributed by atoms with van der Waals surface area (Å²) in [5.41, 5.74) is 3.81. The van der Waals surface area contributed by atoms with Crippen LogP contribution in [0.3, 0.4) is 0 Å². The van der Waals surface area contributed by atoms with Crippen LogP contribution in [0.1, 0.15) is 24.2 Å². The van der Waals surface area contributed by atoms with E-state index in [-0.39, 0.29) is 5.91 Å². The molecule has 0 bridgehead atoms. The lowest BCUT2D eigenvalue weighted by Gasteiger charge is -2.37. The van der Waals surface area contributed by atoms with Crippen molar-refractivity contribution in [3.05, 3.63) is 54.2 Å². The first kappa shape index (κ1) is 22.0. The summed E-state index contributed by atoms with van der Waals surface area (Å²) < 4.78 is 5.69. The molecule has 2 atom stereocenters. The molecule has 1 saturated heterocycles. The van der Waals surface area contributed by atoms with Crippen LogP contribution in [-0.2, 0) is 0 Å². The number of carbonyl (C=O) groups is 1. The fraction of sp³-hybridized carbons (Fsp3) is 0.320. The quantitative estimate of drug-likeness (QED) is 0.543. The fourth-order valence-electron chi connectivity index (χ4n) is 4.68. The zero-order valence-corrected chi connectivity index (χ0v) is 19.8. The van der Waals surface area contributed by atoms with Gasteiger partial charge in [0.05, 0.1) is 30.2 Å². The van der Waals surface area contributed by atoms with Crippen molar-refractivity contribution in [1.29, 1.82) is 0 Å². The van der Waals surface area contributed by atoms with E-state index < -0.39 is 0 Å². The highest BCUT2D eigenvalue weighted by molar-refractivity contribution is 6.11. The first-order valence-electron chi connectivity index (χ1n) is 11.4. The summed E-state index contributed by atoms with van der Waals surface area (Å²) in [6, 6.07) is 14.4. The Kier molecular flexibility index (Phi) is 5.70. The summed E-state index contributed by atoms with van der Waals surface area (Å²) >= 11 is 0. The number of rotatable bonds is 4. The lowest BCUT2D eigenvalue weighted by atomic mass is 10.1. The topological polar surface area (TPSA) is 94.7 Å². The molecule has 3 N–H and O–H groups in total. The summed E-state index contributed by atoms with van der Waals surface area (Å²) in [6.45, 7) is 6.27.